The molecule has 0 aromatic heterocycles. The number of halogens is 1. The van der Waals surface area contributed by atoms with Gasteiger partial charge in [-0.15, -0.1) is 0 Å². The maximum atomic E-state index is 13.9. The number of hydrogen-bond donors (Lipinski definition) is 3. The van der Waals surface area contributed by atoms with E-state index < -0.39 is 50.9 Å². The van der Waals surface area contributed by atoms with Gasteiger partial charge in [0, 0.05) is 29.6 Å². The Kier molecular flexibility index (Phi) is 9.02. The fourth-order valence-electron chi connectivity index (χ4n) is 5.38. The highest BCUT2D eigenvalue weighted by atomic mass is 35.5. The summed E-state index contributed by atoms with van der Waals surface area (Å²) in [5, 5.41) is 14.4. The Hall–Kier alpha value is -2.50. The van der Waals surface area contributed by atoms with Crippen LogP contribution in [0.15, 0.2) is 59.5 Å². The van der Waals surface area contributed by atoms with Crippen LogP contribution in [0.3, 0.4) is 0 Å². The first-order valence-electron chi connectivity index (χ1n) is 12.0. The van der Waals surface area contributed by atoms with E-state index in [1.165, 1.54) is 31.2 Å². The molecule has 37 heavy (non-hydrogen) atoms. The monoisotopic (exact) mass is 552 g/mol. The Morgan fingerprint density at radius 2 is 1.76 bits per heavy atom. The molecule has 202 valence electrons. The normalized spacial score (nSPS) is 28.0. The Bertz CT molecular complexity index is 1210. The summed E-state index contributed by atoms with van der Waals surface area (Å²) in [5.41, 5.74) is 2.89. The van der Waals surface area contributed by atoms with Crippen molar-refractivity contribution >= 4 is 33.7 Å². The summed E-state index contributed by atoms with van der Waals surface area (Å²) < 4.78 is 36.8. The van der Waals surface area contributed by atoms with E-state index in [0.29, 0.717) is 10.6 Å². The lowest BCUT2D eigenvalue weighted by atomic mass is 9.51. The van der Waals surface area contributed by atoms with Crippen LogP contribution in [0.2, 0.25) is 5.02 Å². The van der Waals surface area contributed by atoms with Gasteiger partial charge in [-0.1, -0.05) is 48.9 Å². The molecule has 1 heterocycles. The van der Waals surface area contributed by atoms with Crippen molar-refractivity contribution in [3.63, 3.8) is 0 Å². The van der Waals surface area contributed by atoms with E-state index in [4.69, 9.17) is 26.3 Å². The standard InChI is InChI=1S/C26H33ClN2O7S/c1-4-26(23(30)31)21(16-35-15-14-28)29-17(2)25(3,22(26)18-10-12-19(27)13-11-18)24(32)36-37(33,34)20-8-6-5-7-9-20/h5-13,17,21-22,29H,4,14-16,28H2,1-3H3,(H,30,31). The van der Waals surface area contributed by atoms with E-state index >= 15 is 0 Å². The van der Waals surface area contributed by atoms with Crippen molar-refractivity contribution in [3.05, 3.63) is 65.2 Å². The van der Waals surface area contributed by atoms with Gasteiger partial charge in [-0.3, -0.25) is 9.59 Å². The lowest BCUT2D eigenvalue weighted by Crippen LogP contribution is -2.70. The molecule has 5 unspecified atom stereocenters. The topological polar surface area (TPSA) is 145 Å². The second kappa shape index (κ2) is 11.5. The number of ether oxygens (including phenoxy) is 1. The summed E-state index contributed by atoms with van der Waals surface area (Å²) in [6.07, 6.45) is 0.111. The molecule has 0 amide bonds. The number of carbonyl (C=O) groups excluding carboxylic acids is 1. The highest BCUT2D eigenvalue weighted by molar-refractivity contribution is 7.87. The first kappa shape index (κ1) is 29.1. The zero-order valence-corrected chi connectivity index (χ0v) is 22.6. The molecule has 0 spiro atoms. The molecule has 1 aliphatic heterocycles. The second-order valence-electron chi connectivity index (χ2n) is 9.41. The average molecular weight is 553 g/mol. The third-order valence-corrected chi connectivity index (χ3v) is 8.95. The van der Waals surface area contributed by atoms with Crippen molar-refractivity contribution in [2.75, 3.05) is 19.8 Å². The second-order valence-corrected chi connectivity index (χ2v) is 11.4. The molecule has 5 atom stereocenters. The van der Waals surface area contributed by atoms with E-state index in [0.717, 1.165) is 0 Å². The first-order valence-corrected chi connectivity index (χ1v) is 13.8. The average Bonchev–Trinajstić information content (AvgIpc) is 2.86. The van der Waals surface area contributed by atoms with Crippen molar-refractivity contribution in [3.8, 4) is 0 Å². The van der Waals surface area contributed by atoms with Gasteiger partial charge < -0.3 is 25.1 Å². The number of carboxylic acids is 1. The maximum Gasteiger partial charge on any atom is 0.341 e. The number of benzene rings is 2. The van der Waals surface area contributed by atoms with Gasteiger partial charge in [-0.2, -0.15) is 8.42 Å². The van der Waals surface area contributed by atoms with E-state index in [1.807, 2.05) is 0 Å². The molecule has 2 aromatic carbocycles. The van der Waals surface area contributed by atoms with Crippen LogP contribution in [-0.4, -0.2) is 57.3 Å². The lowest BCUT2D eigenvalue weighted by molar-refractivity contribution is -0.172. The van der Waals surface area contributed by atoms with Gasteiger partial charge >= 0.3 is 22.1 Å². The number of aliphatic carboxylic acids is 1. The molecule has 0 aliphatic carbocycles. The number of rotatable bonds is 10. The minimum Gasteiger partial charge on any atom is -0.481 e. The van der Waals surface area contributed by atoms with Crippen LogP contribution in [0.25, 0.3) is 0 Å². The number of carboxylic acid groups (broad SMARTS) is 1. The first-order chi connectivity index (χ1) is 17.4. The Balaban J connectivity index is 2.19. The minimum atomic E-state index is -4.46. The third kappa shape index (κ3) is 5.39. The predicted molar refractivity (Wildman–Crippen MR) is 139 cm³/mol. The van der Waals surface area contributed by atoms with Gasteiger partial charge in [0.05, 0.1) is 24.0 Å². The molecule has 3 rings (SSSR count). The summed E-state index contributed by atoms with van der Waals surface area (Å²) >= 11 is 6.12. The number of hydrogen-bond acceptors (Lipinski definition) is 8. The van der Waals surface area contributed by atoms with Crippen LogP contribution in [0.4, 0.5) is 0 Å². The molecular formula is C26H33ClN2O7S. The van der Waals surface area contributed by atoms with E-state index in [-0.39, 0.29) is 31.1 Å². The molecule has 0 radical (unpaired) electrons. The molecule has 9 nitrogen and oxygen atoms in total. The number of carbonyl (C=O) groups is 2. The fourth-order valence-corrected chi connectivity index (χ4v) is 6.48. The van der Waals surface area contributed by atoms with Crippen molar-refractivity contribution in [2.45, 2.75) is 50.1 Å². The van der Waals surface area contributed by atoms with Crippen LogP contribution in [0.5, 0.6) is 0 Å². The summed E-state index contributed by atoms with van der Waals surface area (Å²) in [6, 6.07) is 12.4. The van der Waals surface area contributed by atoms with Crippen LogP contribution in [-0.2, 0) is 28.6 Å². The van der Waals surface area contributed by atoms with Crippen molar-refractivity contribution < 1.29 is 32.0 Å². The highest BCUT2D eigenvalue weighted by Gasteiger charge is 2.66. The quantitative estimate of drug-likeness (QED) is 0.299. The third-order valence-electron chi connectivity index (χ3n) is 7.48. The SMILES string of the molecule is CCC1(C(=O)O)C(COCCN)NC(C)C(C)(C(=O)OS(=O)(=O)c2ccccc2)C1c1ccc(Cl)cc1. The molecular weight excluding hydrogens is 520 g/mol. The molecule has 0 saturated carbocycles. The summed E-state index contributed by atoms with van der Waals surface area (Å²) in [6.45, 7) is 5.48. The number of piperidine rings is 1. The Morgan fingerprint density at radius 1 is 1.14 bits per heavy atom. The van der Waals surface area contributed by atoms with Crippen LogP contribution >= 0.6 is 11.6 Å². The van der Waals surface area contributed by atoms with Crippen LogP contribution < -0.4 is 11.1 Å². The van der Waals surface area contributed by atoms with Gasteiger partial charge in [0.2, 0.25) is 0 Å². The molecule has 1 saturated heterocycles. The van der Waals surface area contributed by atoms with Gasteiger partial charge in [0.1, 0.15) is 4.90 Å². The molecule has 11 heteroatoms. The summed E-state index contributed by atoms with van der Waals surface area (Å²) in [4.78, 5) is 26.8. The minimum absolute atomic E-state index is 0.0270. The van der Waals surface area contributed by atoms with E-state index in [9.17, 15) is 23.1 Å². The van der Waals surface area contributed by atoms with Crippen LogP contribution in [0, 0.1) is 10.8 Å². The Labute approximate surface area is 222 Å². The smallest absolute Gasteiger partial charge is 0.341 e. The van der Waals surface area contributed by atoms with Crippen molar-refractivity contribution in [1.29, 1.82) is 0 Å². The highest BCUT2D eigenvalue weighted by Crippen LogP contribution is 2.57. The largest absolute Gasteiger partial charge is 0.481 e. The fraction of sp³-hybridized carbons (Fsp3) is 0.462. The van der Waals surface area contributed by atoms with E-state index in [2.05, 4.69) is 5.32 Å². The van der Waals surface area contributed by atoms with Gasteiger partial charge in [-0.05, 0) is 50.1 Å². The zero-order valence-electron chi connectivity index (χ0n) is 21.0. The zero-order chi connectivity index (χ0) is 27.4. The van der Waals surface area contributed by atoms with Gasteiger partial charge in [0.15, 0.2) is 0 Å². The summed E-state index contributed by atoms with van der Waals surface area (Å²) in [5.74, 6) is -3.21. The molecule has 1 aliphatic rings. The maximum absolute atomic E-state index is 13.9. The predicted octanol–water partition coefficient (Wildman–Crippen LogP) is 3.18. The molecule has 1 fully saturated rings. The lowest BCUT2D eigenvalue weighted by Gasteiger charge is -2.56. The number of nitrogens with two attached hydrogens (primary N) is 1. The molecule has 4 N–H and O–H groups in total. The Morgan fingerprint density at radius 3 is 2.30 bits per heavy atom. The number of nitrogens with one attached hydrogen (secondary N) is 1. The molecule has 2 aromatic rings. The van der Waals surface area contributed by atoms with Crippen LogP contribution in [0.1, 0.15) is 38.7 Å². The van der Waals surface area contributed by atoms with E-state index in [1.54, 1.807) is 44.2 Å². The van der Waals surface area contributed by atoms with Gasteiger partial charge in [0.25, 0.3) is 0 Å². The summed E-state index contributed by atoms with van der Waals surface area (Å²) in [7, 11) is -4.46. The van der Waals surface area contributed by atoms with Crippen molar-refractivity contribution in [2.24, 2.45) is 16.6 Å². The van der Waals surface area contributed by atoms with Crippen molar-refractivity contribution in [1.82, 2.24) is 5.32 Å². The molecule has 0 bridgehead atoms. The van der Waals surface area contributed by atoms with Gasteiger partial charge in [-0.25, -0.2) is 0 Å².